The molecule has 5 rings (SSSR count). The molecule has 4 bridgehead atoms. The second-order valence-corrected chi connectivity index (χ2v) is 8.95. The SMILES string of the molecule is CCN(CC)c1ccc(NC(=O)NC23CC4CC(CC(C4)C2)C3)c(C)c1. The summed E-state index contributed by atoms with van der Waals surface area (Å²) in [6, 6.07) is 6.31. The zero-order valence-corrected chi connectivity index (χ0v) is 16.5. The van der Waals surface area contributed by atoms with Crippen molar-refractivity contribution in [2.45, 2.75) is 64.8 Å². The molecule has 26 heavy (non-hydrogen) atoms. The molecule has 0 radical (unpaired) electrons. The summed E-state index contributed by atoms with van der Waals surface area (Å²) in [5, 5.41) is 6.52. The van der Waals surface area contributed by atoms with Crippen LogP contribution in [0, 0.1) is 24.7 Å². The summed E-state index contributed by atoms with van der Waals surface area (Å²) in [6.07, 6.45) is 7.75. The lowest BCUT2D eigenvalue weighted by atomic mass is 9.53. The van der Waals surface area contributed by atoms with E-state index in [1.165, 1.54) is 44.2 Å². The van der Waals surface area contributed by atoms with E-state index in [-0.39, 0.29) is 11.6 Å². The van der Waals surface area contributed by atoms with E-state index in [0.717, 1.165) is 42.1 Å². The highest BCUT2D eigenvalue weighted by Crippen LogP contribution is 2.55. The fourth-order valence-electron chi connectivity index (χ4n) is 6.23. The lowest BCUT2D eigenvalue weighted by Crippen LogP contribution is -2.60. The number of nitrogens with one attached hydrogen (secondary N) is 2. The van der Waals surface area contributed by atoms with Crippen molar-refractivity contribution in [3.63, 3.8) is 0 Å². The van der Waals surface area contributed by atoms with Gasteiger partial charge in [0.25, 0.3) is 0 Å². The molecule has 1 aromatic carbocycles. The van der Waals surface area contributed by atoms with Crippen LogP contribution < -0.4 is 15.5 Å². The maximum absolute atomic E-state index is 12.7. The number of carbonyl (C=O) groups is 1. The lowest BCUT2D eigenvalue weighted by Gasteiger charge is -2.56. The van der Waals surface area contributed by atoms with Gasteiger partial charge in [0.15, 0.2) is 0 Å². The van der Waals surface area contributed by atoms with Crippen LogP contribution in [-0.2, 0) is 0 Å². The zero-order chi connectivity index (χ0) is 18.3. The fourth-order valence-corrected chi connectivity index (χ4v) is 6.23. The van der Waals surface area contributed by atoms with Crippen molar-refractivity contribution in [1.82, 2.24) is 5.32 Å². The van der Waals surface area contributed by atoms with E-state index < -0.39 is 0 Å². The molecule has 0 aliphatic heterocycles. The van der Waals surface area contributed by atoms with Gasteiger partial charge < -0.3 is 15.5 Å². The third kappa shape index (κ3) is 3.30. The highest BCUT2D eigenvalue weighted by molar-refractivity contribution is 5.91. The molecule has 4 aliphatic carbocycles. The van der Waals surface area contributed by atoms with Crippen molar-refractivity contribution in [3.05, 3.63) is 23.8 Å². The van der Waals surface area contributed by atoms with E-state index in [1.807, 2.05) is 6.07 Å². The topological polar surface area (TPSA) is 44.4 Å². The van der Waals surface area contributed by atoms with Crippen molar-refractivity contribution in [3.8, 4) is 0 Å². The highest BCUT2D eigenvalue weighted by Gasteiger charge is 2.51. The number of hydrogen-bond acceptors (Lipinski definition) is 2. The van der Waals surface area contributed by atoms with E-state index in [9.17, 15) is 4.79 Å². The Balaban J connectivity index is 1.42. The fraction of sp³-hybridized carbons (Fsp3) is 0.682. The van der Waals surface area contributed by atoms with E-state index in [2.05, 4.69) is 48.4 Å². The number of aryl methyl sites for hydroxylation is 1. The Morgan fingerprint density at radius 1 is 1.08 bits per heavy atom. The highest BCUT2D eigenvalue weighted by atomic mass is 16.2. The number of nitrogens with zero attached hydrogens (tertiary/aromatic N) is 1. The minimum Gasteiger partial charge on any atom is -0.372 e. The first kappa shape index (κ1) is 17.7. The Morgan fingerprint density at radius 2 is 1.65 bits per heavy atom. The van der Waals surface area contributed by atoms with E-state index >= 15 is 0 Å². The Bertz CT molecular complexity index is 645. The van der Waals surface area contributed by atoms with Gasteiger partial charge in [-0.05, 0) is 101 Å². The molecule has 2 N–H and O–H groups in total. The van der Waals surface area contributed by atoms with Crippen LogP contribution in [0.4, 0.5) is 16.2 Å². The van der Waals surface area contributed by atoms with Crippen LogP contribution >= 0.6 is 0 Å². The maximum Gasteiger partial charge on any atom is 0.319 e. The molecule has 1 aromatic rings. The number of carbonyl (C=O) groups excluding carboxylic acids is 1. The molecule has 0 saturated heterocycles. The summed E-state index contributed by atoms with van der Waals surface area (Å²) in [5.74, 6) is 2.53. The zero-order valence-electron chi connectivity index (χ0n) is 16.5. The average molecular weight is 356 g/mol. The summed E-state index contributed by atoms with van der Waals surface area (Å²) >= 11 is 0. The number of urea groups is 1. The van der Waals surface area contributed by atoms with Gasteiger partial charge in [-0.25, -0.2) is 4.79 Å². The van der Waals surface area contributed by atoms with Crippen molar-refractivity contribution >= 4 is 17.4 Å². The van der Waals surface area contributed by atoms with Crippen molar-refractivity contribution < 1.29 is 4.79 Å². The van der Waals surface area contributed by atoms with Crippen LogP contribution in [0.1, 0.15) is 57.9 Å². The first-order chi connectivity index (χ1) is 12.5. The van der Waals surface area contributed by atoms with Crippen LogP contribution in [0.3, 0.4) is 0 Å². The van der Waals surface area contributed by atoms with Gasteiger partial charge in [-0.1, -0.05) is 0 Å². The maximum atomic E-state index is 12.7. The van der Waals surface area contributed by atoms with Crippen LogP contribution in [0.5, 0.6) is 0 Å². The molecule has 0 atom stereocenters. The second kappa shape index (κ2) is 6.79. The molecule has 4 heteroatoms. The molecular weight excluding hydrogens is 322 g/mol. The number of rotatable bonds is 5. The van der Waals surface area contributed by atoms with Gasteiger partial charge in [0.1, 0.15) is 0 Å². The summed E-state index contributed by atoms with van der Waals surface area (Å²) in [6.45, 7) is 8.41. The van der Waals surface area contributed by atoms with Crippen molar-refractivity contribution in [1.29, 1.82) is 0 Å². The predicted molar refractivity (Wildman–Crippen MR) is 108 cm³/mol. The molecule has 2 amide bonds. The predicted octanol–water partition coefficient (Wildman–Crippen LogP) is 4.93. The smallest absolute Gasteiger partial charge is 0.319 e. The van der Waals surface area contributed by atoms with E-state index in [0.29, 0.717) is 0 Å². The first-order valence-corrected chi connectivity index (χ1v) is 10.4. The summed E-state index contributed by atoms with van der Waals surface area (Å²) in [5.41, 5.74) is 3.33. The molecule has 4 aliphatic rings. The van der Waals surface area contributed by atoms with Gasteiger partial charge in [0, 0.05) is 30.0 Å². The Hall–Kier alpha value is -1.71. The second-order valence-electron chi connectivity index (χ2n) is 8.95. The normalized spacial score (nSPS) is 31.7. The first-order valence-electron chi connectivity index (χ1n) is 10.4. The third-order valence-corrected chi connectivity index (χ3v) is 7.00. The van der Waals surface area contributed by atoms with Crippen LogP contribution in [0.25, 0.3) is 0 Å². The van der Waals surface area contributed by atoms with Gasteiger partial charge in [-0.15, -0.1) is 0 Å². The molecule has 0 aromatic heterocycles. The van der Waals surface area contributed by atoms with Gasteiger partial charge >= 0.3 is 6.03 Å². The van der Waals surface area contributed by atoms with Crippen LogP contribution in [0.15, 0.2) is 18.2 Å². The molecule has 4 nitrogen and oxygen atoms in total. The number of anilines is 2. The van der Waals surface area contributed by atoms with E-state index in [1.54, 1.807) is 0 Å². The standard InChI is InChI=1S/C22H33N3O/c1-4-25(5-2)19-6-7-20(15(3)8-19)23-21(26)24-22-12-16-9-17(13-22)11-18(10-16)14-22/h6-8,16-18H,4-5,9-14H2,1-3H3,(H2,23,24,26). The molecule has 4 fully saturated rings. The monoisotopic (exact) mass is 355 g/mol. The largest absolute Gasteiger partial charge is 0.372 e. The molecule has 0 heterocycles. The summed E-state index contributed by atoms with van der Waals surface area (Å²) in [4.78, 5) is 15.1. The van der Waals surface area contributed by atoms with Crippen molar-refractivity contribution in [2.75, 3.05) is 23.3 Å². The van der Waals surface area contributed by atoms with E-state index in [4.69, 9.17) is 0 Å². The number of amides is 2. The van der Waals surface area contributed by atoms with Crippen LogP contribution in [0.2, 0.25) is 0 Å². The molecule has 142 valence electrons. The quantitative estimate of drug-likeness (QED) is 0.786. The minimum atomic E-state index is -0.0226. The van der Waals surface area contributed by atoms with Crippen LogP contribution in [-0.4, -0.2) is 24.7 Å². The van der Waals surface area contributed by atoms with Gasteiger partial charge in [0.2, 0.25) is 0 Å². The molecule has 0 unspecified atom stereocenters. The van der Waals surface area contributed by atoms with Gasteiger partial charge in [0.05, 0.1) is 0 Å². The molecular formula is C22H33N3O. The van der Waals surface area contributed by atoms with Gasteiger partial charge in [-0.2, -0.15) is 0 Å². The summed E-state index contributed by atoms with van der Waals surface area (Å²) in [7, 11) is 0. The average Bonchev–Trinajstić information content (AvgIpc) is 2.56. The summed E-state index contributed by atoms with van der Waals surface area (Å²) < 4.78 is 0. The molecule has 0 spiro atoms. The number of hydrogen-bond donors (Lipinski definition) is 2. The third-order valence-electron chi connectivity index (χ3n) is 7.00. The Morgan fingerprint density at radius 3 is 2.15 bits per heavy atom. The minimum absolute atomic E-state index is 0.0226. The Labute approximate surface area is 157 Å². The lowest BCUT2D eigenvalue weighted by molar-refractivity contribution is -0.0127. The Kier molecular flexibility index (Phi) is 4.62. The van der Waals surface area contributed by atoms with Crippen molar-refractivity contribution in [2.24, 2.45) is 17.8 Å². The van der Waals surface area contributed by atoms with Gasteiger partial charge in [-0.3, -0.25) is 0 Å². The number of benzene rings is 1. The molecule has 4 saturated carbocycles.